The SMILES string of the molecule is Cc1cc(-c2cncnc2)cc([C@@H]2CCCN(C(=O)c3ccc4nc(C)sc4c3)C2)n1. The number of hydrogen-bond donors (Lipinski definition) is 0. The van der Waals surface area contributed by atoms with Gasteiger partial charge in [0.25, 0.3) is 5.91 Å². The molecule has 1 aromatic carbocycles. The van der Waals surface area contributed by atoms with Gasteiger partial charge in [-0.15, -0.1) is 11.3 Å². The van der Waals surface area contributed by atoms with Gasteiger partial charge in [-0.2, -0.15) is 0 Å². The molecule has 3 aromatic heterocycles. The van der Waals surface area contributed by atoms with E-state index in [1.165, 1.54) is 6.33 Å². The van der Waals surface area contributed by atoms with Crippen LogP contribution in [0.3, 0.4) is 0 Å². The van der Waals surface area contributed by atoms with Crippen molar-refractivity contribution in [2.75, 3.05) is 13.1 Å². The van der Waals surface area contributed by atoms with Gasteiger partial charge in [-0.25, -0.2) is 15.0 Å². The second kappa shape index (κ2) is 8.15. The molecule has 31 heavy (non-hydrogen) atoms. The summed E-state index contributed by atoms with van der Waals surface area (Å²) in [6.45, 7) is 5.46. The Morgan fingerprint density at radius 3 is 2.74 bits per heavy atom. The number of piperidine rings is 1. The Bertz CT molecular complexity index is 1250. The molecule has 1 aliphatic heterocycles. The van der Waals surface area contributed by atoms with Gasteiger partial charge < -0.3 is 4.90 Å². The summed E-state index contributed by atoms with van der Waals surface area (Å²) in [6, 6.07) is 10.00. The molecular weight excluding hydrogens is 406 g/mol. The van der Waals surface area contributed by atoms with Gasteiger partial charge >= 0.3 is 0 Å². The largest absolute Gasteiger partial charge is 0.338 e. The summed E-state index contributed by atoms with van der Waals surface area (Å²) in [6.07, 6.45) is 7.17. The molecule has 6 nitrogen and oxygen atoms in total. The van der Waals surface area contributed by atoms with E-state index in [1.807, 2.05) is 49.3 Å². The summed E-state index contributed by atoms with van der Waals surface area (Å²) in [5.74, 6) is 0.303. The van der Waals surface area contributed by atoms with Gasteiger partial charge in [0, 0.05) is 53.9 Å². The number of thiazole rings is 1. The van der Waals surface area contributed by atoms with Crippen LogP contribution in [-0.4, -0.2) is 43.8 Å². The Morgan fingerprint density at radius 2 is 1.90 bits per heavy atom. The normalized spacial score (nSPS) is 16.6. The third kappa shape index (κ3) is 4.05. The van der Waals surface area contributed by atoms with Crippen molar-refractivity contribution in [2.45, 2.75) is 32.6 Å². The van der Waals surface area contributed by atoms with E-state index < -0.39 is 0 Å². The van der Waals surface area contributed by atoms with Crippen molar-refractivity contribution in [3.05, 3.63) is 71.0 Å². The number of pyridine rings is 1. The van der Waals surface area contributed by atoms with E-state index in [1.54, 1.807) is 11.3 Å². The highest BCUT2D eigenvalue weighted by atomic mass is 32.1. The fourth-order valence-electron chi connectivity index (χ4n) is 4.28. The minimum Gasteiger partial charge on any atom is -0.338 e. The van der Waals surface area contributed by atoms with Crippen molar-refractivity contribution < 1.29 is 4.79 Å². The quantitative estimate of drug-likeness (QED) is 0.468. The fourth-order valence-corrected chi connectivity index (χ4v) is 5.14. The number of hydrogen-bond acceptors (Lipinski definition) is 6. The molecule has 5 rings (SSSR count). The highest BCUT2D eigenvalue weighted by molar-refractivity contribution is 7.18. The van der Waals surface area contributed by atoms with Gasteiger partial charge in [0.1, 0.15) is 6.33 Å². The van der Waals surface area contributed by atoms with E-state index >= 15 is 0 Å². The molecule has 0 saturated carbocycles. The smallest absolute Gasteiger partial charge is 0.253 e. The maximum absolute atomic E-state index is 13.3. The summed E-state index contributed by atoms with van der Waals surface area (Å²) in [7, 11) is 0. The molecule has 0 radical (unpaired) electrons. The van der Waals surface area contributed by atoms with Gasteiger partial charge in [0.05, 0.1) is 15.2 Å². The van der Waals surface area contributed by atoms with Crippen LogP contribution in [0.4, 0.5) is 0 Å². The molecule has 156 valence electrons. The van der Waals surface area contributed by atoms with E-state index in [2.05, 4.69) is 27.1 Å². The van der Waals surface area contributed by atoms with Crippen molar-refractivity contribution in [1.29, 1.82) is 0 Å². The molecule has 0 aliphatic carbocycles. The summed E-state index contributed by atoms with van der Waals surface area (Å²) < 4.78 is 1.06. The number of amides is 1. The number of nitrogens with zero attached hydrogens (tertiary/aromatic N) is 5. The van der Waals surface area contributed by atoms with Crippen molar-refractivity contribution in [3.63, 3.8) is 0 Å². The maximum Gasteiger partial charge on any atom is 0.253 e. The van der Waals surface area contributed by atoms with Crippen molar-refractivity contribution >= 4 is 27.5 Å². The molecular formula is C24H23N5OS. The van der Waals surface area contributed by atoms with Crippen LogP contribution in [0, 0.1) is 13.8 Å². The second-order valence-electron chi connectivity index (χ2n) is 8.05. The number of fused-ring (bicyclic) bond motifs is 1. The van der Waals surface area contributed by atoms with Gasteiger partial charge in [-0.05, 0) is 62.6 Å². The van der Waals surface area contributed by atoms with Gasteiger partial charge in [0.15, 0.2) is 0 Å². The highest BCUT2D eigenvalue weighted by Gasteiger charge is 2.27. The molecule has 0 N–H and O–H groups in total. The topological polar surface area (TPSA) is 71.9 Å². The number of aryl methyl sites for hydroxylation is 2. The summed E-state index contributed by atoms with van der Waals surface area (Å²) in [5, 5.41) is 1.02. The van der Waals surface area contributed by atoms with Crippen LogP contribution in [0.1, 0.15) is 45.5 Å². The van der Waals surface area contributed by atoms with Crippen LogP contribution in [0.5, 0.6) is 0 Å². The van der Waals surface area contributed by atoms with Crippen LogP contribution in [0.25, 0.3) is 21.3 Å². The third-order valence-corrected chi connectivity index (χ3v) is 6.67. The lowest BCUT2D eigenvalue weighted by molar-refractivity contribution is 0.0706. The molecule has 4 heterocycles. The van der Waals surface area contributed by atoms with Gasteiger partial charge in [-0.3, -0.25) is 9.78 Å². The maximum atomic E-state index is 13.3. The zero-order valence-electron chi connectivity index (χ0n) is 17.6. The van der Waals surface area contributed by atoms with Crippen LogP contribution in [0.15, 0.2) is 49.1 Å². The number of likely N-dealkylation sites (tertiary alicyclic amines) is 1. The molecule has 1 saturated heterocycles. The fraction of sp³-hybridized carbons (Fsp3) is 0.292. The molecule has 1 atom stereocenters. The minimum absolute atomic E-state index is 0.0852. The number of rotatable bonds is 3. The van der Waals surface area contributed by atoms with Crippen LogP contribution in [-0.2, 0) is 0 Å². The van der Waals surface area contributed by atoms with Crippen molar-refractivity contribution in [2.24, 2.45) is 0 Å². The van der Waals surface area contributed by atoms with E-state index in [9.17, 15) is 4.79 Å². The van der Waals surface area contributed by atoms with Gasteiger partial charge in [0.2, 0.25) is 0 Å². The van der Waals surface area contributed by atoms with E-state index in [4.69, 9.17) is 4.98 Å². The number of carbonyl (C=O) groups excluding carboxylic acids is 1. The predicted molar refractivity (Wildman–Crippen MR) is 122 cm³/mol. The van der Waals surface area contributed by atoms with E-state index in [0.717, 1.165) is 62.7 Å². The Kier molecular flexibility index (Phi) is 5.19. The Labute approximate surface area is 185 Å². The summed E-state index contributed by atoms with van der Waals surface area (Å²) in [5.41, 5.74) is 5.73. The van der Waals surface area contributed by atoms with E-state index in [0.29, 0.717) is 6.54 Å². The molecule has 1 amide bonds. The predicted octanol–water partition coefficient (Wildman–Crippen LogP) is 4.78. The first-order valence-corrected chi connectivity index (χ1v) is 11.3. The molecule has 0 spiro atoms. The average molecular weight is 430 g/mol. The summed E-state index contributed by atoms with van der Waals surface area (Å²) in [4.78, 5) is 32.8. The number of carbonyl (C=O) groups is 1. The lowest BCUT2D eigenvalue weighted by Crippen LogP contribution is -2.39. The molecule has 1 aliphatic rings. The molecule has 4 aromatic rings. The Morgan fingerprint density at radius 1 is 1.06 bits per heavy atom. The highest BCUT2D eigenvalue weighted by Crippen LogP contribution is 2.30. The number of benzene rings is 1. The molecule has 7 heteroatoms. The first-order chi connectivity index (χ1) is 15.1. The van der Waals surface area contributed by atoms with Crippen LogP contribution in [0.2, 0.25) is 0 Å². The molecule has 0 bridgehead atoms. The molecule has 0 unspecified atom stereocenters. The first kappa shape index (κ1) is 19.8. The van der Waals surface area contributed by atoms with E-state index in [-0.39, 0.29) is 11.8 Å². The lowest BCUT2D eigenvalue weighted by Gasteiger charge is -2.33. The lowest BCUT2D eigenvalue weighted by atomic mass is 9.92. The second-order valence-corrected chi connectivity index (χ2v) is 9.29. The Balaban J connectivity index is 1.40. The minimum atomic E-state index is 0.0852. The van der Waals surface area contributed by atoms with Crippen molar-refractivity contribution in [1.82, 2.24) is 24.8 Å². The Hall–Kier alpha value is -3.19. The third-order valence-electron chi connectivity index (χ3n) is 5.74. The first-order valence-electron chi connectivity index (χ1n) is 10.5. The molecule has 1 fully saturated rings. The summed E-state index contributed by atoms with van der Waals surface area (Å²) >= 11 is 1.63. The standard InChI is InChI=1S/C24H23N5OS/c1-15-8-19(20-11-25-14-26-12-20)9-22(27-15)18-4-3-7-29(13-18)24(30)17-5-6-21-23(10-17)31-16(2)28-21/h5-6,8-12,14,18H,3-4,7,13H2,1-2H3/t18-/m1/s1. The van der Waals surface area contributed by atoms with Crippen molar-refractivity contribution in [3.8, 4) is 11.1 Å². The number of aromatic nitrogens is 4. The van der Waals surface area contributed by atoms with Gasteiger partial charge in [-0.1, -0.05) is 0 Å². The van der Waals surface area contributed by atoms with Crippen LogP contribution < -0.4 is 0 Å². The zero-order valence-corrected chi connectivity index (χ0v) is 18.4. The monoisotopic (exact) mass is 429 g/mol. The van der Waals surface area contributed by atoms with Crippen LogP contribution >= 0.6 is 11.3 Å². The zero-order chi connectivity index (χ0) is 21.4. The average Bonchev–Trinajstić information content (AvgIpc) is 3.18.